The Morgan fingerprint density at radius 2 is 1.96 bits per heavy atom. The zero-order chi connectivity index (χ0) is 19.5. The van der Waals surface area contributed by atoms with Gasteiger partial charge in [0.15, 0.2) is 11.5 Å². The van der Waals surface area contributed by atoms with Gasteiger partial charge in [-0.25, -0.2) is 4.98 Å². The van der Waals surface area contributed by atoms with Crippen molar-refractivity contribution in [1.82, 2.24) is 4.98 Å². The Kier molecular flexibility index (Phi) is 4.85. The third-order valence-corrected chi connectivity index (χ3v) is 4.55. The lowest BCUT2D eigenvalue weighted by Crippen LogP contribution is -2.18. The molecule has 1 aliphatic heterocycles. The molecule has 1 aromatic heterocycles. The molecule has 0 unspecified atom stereocenters. The van der Waals surface area contributed by atoms with Gasteiger partial charge in [0, 0.05) is 17.8 Å². The number of pyridine rings is 1. The summed E-state index contributed by atoms with van der Waals surface area (Å²) in [5, 5.41) is 2.87. The summed E-state index contributed by atoms with van der Waals surface area (Å²) in [4.78, 5) is 19.2. The van der Waals surface area contributed by atoms with Gasteiger partial charge in [0.1, 0.15) is 5.82 Å². The molecule has 0 bridgehead atoms. The molecule has 4 rings (SSSR count). The van der Waals surface area contributed by atoms with E-state index in [1.807, 2.05) is 18.2 Å². The molecule has 2 aromatic carbocycles. The highest BCUT2D eigenvalue weighted by Crippen LogP contribution is 2.32. The van der Waals surface area contributed by atoms with E-state index in [0.29, 0.717) is 22.7 Å². The van der Waals surface area contributed by atoms with Crippen LogP contribution in [0.3, 0.4) is 0 Å². The standard InChI is InChI=1S/C22H21N3O3/c1-3-25(18-6-4-5-15(2)11-18)21-10-8-17(13-23-21)24-22(26)16-7-9-19-20(12-16)28-14-27-19/h4-13H,3,14H2,1-2H3,(H,24,26). The van der Waals surface area contributed by atoms with Crippen LogP contribution in [0.15, 0.2) is 60.8 Å². The highest BCUT2D eigenvalue weighted by molar-refractivity contribution is 6.04. The number of nitrogens with one attached hydrogen (secondary N) is 1. The molecular weight excluding hydrogens is 354 g/mol. The SMILES string of the molecule is CCN(c1cccc(C)c1)c1ccc(NC(=O)c2ccc3c(c2)OCO3)cn1. The van der Waals surface area contributed by atoms with Gasteiger partial charge in [0.05, 0.1) is 11.9 Å². The first kappa shape index (κ1) is 17.9. The largest absolute Gasteiger partial charge is 0.454 e. The number of benzene rings is 2. The lowest BCUT2D eigenvalue weighted by molar-refractivity contribution is 0.102. The van der Waals surface area contributed by atoms with Crippen molar-refractivity contribution in [2.45, 2.75) is 13.8 Å². The van der Waals surface area contributed by atoms with E-state index in [2.05, 4.69) is 47.2 Å². The zero-order valence-electron chi connectivity index (χ0n) is 15.8. The molecule has 0 spiro atoms. The molecule has 6 heteroatoms. The quantitative estimate of drug-likeness (QED) is 0.710. The van der Waals surface area contributed by atoms with Crippen LogP contribution < -0.4 is 19.7 Å². The molecule has 142 valence electrons. The lowest BCUT2D eigenvalue weighted by Gasteiger charge is -2.22. The van der Waals surface area contributed by atoms with Gasteiger partial charge < -0.3 is 19.7 Å². The first-order valence-electron chi connectivity index (χ1n) is 9.15. The molecule has 2 heterocycles. The summed E-state index contributed by atoms with van der Waals surface area (Å²) in [6, 6.07) is 17.2. The van der Waals surface area contributed by atoms with Crippen molar-refractivity contribution in [3.05, 3.63) is 71.9 Å². The van der Waals surface area contributed by atoms with Gasteiger partial charge in [-0.15, -0.1) is 0 Å². The van der Waals surface area contributed by atoms with Crippen molar-refractivity contribution >= 4 is 23.1 Å². The molecule has 1 aliphatic rings. The molecule has 28 heavy (non-hydrogen) atoms. The van der Waals surface area contributed by atoms with Crippen LogP contribution in [-0.4, -0.2) is 24.2 Å². The minimum atomic E-state index is -0.223. The maximum atomic E-state index is 12.5. The number of aryl methyl sites for hydroxylation is 1. The Labute approximate surface area is 163 Å². The third kappa shape index (κ3) is 3.62. The molecule has 1 N–H and O–H groups in total. The van der Waals surface area contributed by atoms with Gasteiger partial charge in [0.2, 0.25) is 6.79 Å². The number of fused-ring (bicyclic) bond motifs is 1. The van der Waals surface area contributed by atoms with E-state index < -0.39 is 0 Å². The summed E-state index contributed by atoms with van der Waals surface area (Å²) in [5.74, 6) is 1.84. The fourth-order valence-electron chi connectivity index (χ4n) is 3.13. The fraction of sp³-hybridized carbons (Fsp3) is 0.182. The monoisotopic (exact) mass is 375 g/mol. The number of ether oxygens (including phenoxy) is 2. The topological polar surface area (TPSA) is 63.7 Å². The van der Waals surface area contributed by atoms with E-state index in [9.17, 15) is 4.79 Å². The lowest BCUT2D eigenvalue weighted by atomic mass is 10.2. The second-order valence-corrected chi connectivity index (χ2v) is 6.51. The molecule has 0 aliphatic carbocycles. The van der Waals surface area contributed by atoms with E-state index in [0.717, 1.165) is 18.1 Å². The predicted molar refractivity (Wildman–Crippen MR) is 109 cm³/mol. The van der Waals surface area contributed by atoms with E-state index in [1.165, 1.54) is 5.56 Å². The van der Waals surface area contributed by atoms with Crippen molar-refractivity contribution in [3.63, 3.8) is 0 Å². The van der Waals surface area contributed by atoms with Crippen LogP contribution >= 0.6 is 0 Å². The number of carbonyl (C=O) groups is 1. The zero-order valence-corrected chi connectivity index (χ0v) is 15.8. The van der Waals surface area contributed by atoms with Gasteiger partial charge in [-0.1, -0.05) is 12.1 Å². The Morgan fingerprint density at radius 3 is 2.71 bits per heavy atom. The fourth-order valence-corrected chi connectivity index (χ4v) is 3.13. The van der Waals surface area contributed by atoms with Crippen LogP contribution in [0, 0.1) is 6.92 Å². The summed E-state index contributed by atoms with van der Waals surface area (Å²) in [7, 11) is 0. The second kappa shape index (κ2) is 7.60. The number of carbonyl (C=O) groups excluding carboxylic acids is 1. The van der Waals surface area contributed by atoms with Crippen LogP contribution in [-0.2, 0) is 0 Å². The van der Waals surface area contributed by atoms with E-state index >= 15 is 0 Å². The van der Waals surface area contributed by atoms with Gasteiger partial charge >= 0.3 is 0 Å². The summed E-state index contributed by atoms with van der Waals surface area (Å²) < 4.78 is 10.6. The van der Waals surface area contributed by atoms with Gasteiger partial charge in [0.25, 0.3) is 5.91 Å². The number of amides is 1. The van der Waals surface area contributed by atoms with E-state index in [4.69, 9.17) is 9.47 Å². The molecule has 1 amide bonds. The van der Waals surface area contributed by atoms with Gasteiger partial charge in [-0.3, -0.25) is 4.79 Å². The normalized spacial score (nSPS) is 11.9. The Morgan fingerprint density at radius 1 is 1.11 bits per heavy atom. The van der Waals surface area contributed by atoms with Crippen molar-refractivity contribution in [2.75, 3.05) is 23.6 Å². The molecule has 0 radical (unpaired) electrons. The minimum absolute atomic E-state index is 0.181. The van der Waals surface area contributed by atoms with Crippen molar-refractivity contribution in [2.24, 2.45) is 0 Å². The van der Waals surface area contributed by atoms with Crippen molar-refractivity contribution < 1.29 is 14.3 Å². The Hall–Kier alpha value is -3.54. The van der Waals surface area contributed by atoms with Crippen LogP contribution in [0.2, 0.25) is 0 Å². The van der Waals surface area contributed by atoms with Gasteiger partial charge in [-0.05, 0) is 61.9 Å². The van der Waals surface area contributed by atoms with Crippen LogP contribution in [0.4, 0.5) is 17.2 Å². The van der Waals surface area contributed by atoms with Crippen LogP contribution in [0.1, 0.15) is 22.8 Å². The third-order valence-electron chi connectivity index (χ3n) is 4.55. The molecule has 0 fully saturated rings. The summed E-state index contributed by atoms with van der Waals surface area (Å²) in [6.07, 6.45) is 1.67. The van der Waals surface area contributed by atoms with E-state index in [-0.39, 0.29) is 12.7 Å². The number of rotatable bonds is 5. The second-order valence-electron chi connectivity index (χ2n) is 6.51. The van der Waals surface area contributed by atoms with Crippen molar-refractivity contribution in [1.29, 1.82) is 0 Å². The molecule has 0 atom stereocenters. The molecular formula is C22H21N3O3. The maximum absolute atomic E-state index is 12.5. The summed E-state index contributed by atoms with van der Waals surface area (Å²) in [5.41, 5.74) is 3.42. The van der Waals surface area contributed by atoms with E-state index in [1.54, 1.807) is 24.4 Å². The van der Waals surface area contributed by atoms with Gasteiger partial charge in [-0.2, -0.15) is 0 Å². The predicted octanol–water partition coefficient (Wildman–Crippen LogP) is 4.53. The van der Waals surface area contributed by atoms with Crippen molar-refractivity contribution in [3.8, 4) is 11.5 Å². The molecule has 6 nitrogen and oxygen atoms in total. The summed E-state index contributed by atoms with van der Waals surface area (Å²) >= 11 is 0. The minimum Gasteiger partial charge on any atom is -0.454 e. The average Bonchev–Trinajstić information content (AvgIpc) is 3.18. The summed E-state index contributed by atoms with van der Waals surface area (Å²) in [6.45, 7) is 5.12. The van der Waals surface area contributed by atoms with Crippen LogP contribution in [0.5, 0.6) is 11.5 Å². The highest BCUT2D eigenvalue weighted by Gasteiger charge is 2.16. The first-order valence-corrected chi connectivity index (χ1v) is 9.15. The maximum Gasteiger partial charge on any atom is 0.255 e. The average molecular weight is 375 g/mol. The number of nitrogens with zero attached hydrogens (tertiary/aromatic N) is 2. The molecule has 0 saturated carbocycles. The van der Waals surface area contributed by atoms with Crippen LogP contribution in [0.25, 0.3) is 0 Å². The number of hydrogen-bond donors (Lipinski definition) is 1. The Bertz CT molecular complexity index is 1000. The molecule has 0 saturated heterocycles. The Balaban J connectivity index is 1.49. The number of hydrogen-bond acceptors (Lipinski definition) is 5. The smallest absolute Gasteiger partial charge is 0.255 e. The first-order chi connectivity index (χ1) is 13.6. The highest BCUT2D eigenvalue weighted by atomic mass is 16.7. The number of aromatic nitrogens is 1. The number of anilines is 3. The molecule has 3 aromatic rings.